The summed E-state index contributed by atoms with van der Waals surface area (Å²) in [5.41, 5.74) is 0. The van der Waals surface area contributed by atoms with Crippen LogP contribution in [0.5, 0.6) is 0 Å². The fraction of sp³-hybridized carbons (Fsp3) is 0.889. The Labute approximate surface area is 98.7 Å². The van der Waals surface area contributed by atoms with Crippen LogP contribution >= 0.6 is 22.6 Å². The summed E-state index contributed by atoms with van der Waals surface area (Å²) < 4.78 is 5.63. The zero-order valence-corrected chi connectivity index (χ0v) is 11.0. The molecular weight excluding hydrogens is 295 g/mol. The normalized spacial score (nSPS) is 25.9. The van der Waals surface area contributed by atoms with E-state index < -0.39 is 0 Å². The molecule has 2 atom stereocenters. The van der Waals surface area contributed by atoms with Gasteiger partial charge in [-0.05, 0) is 29.5 Å². The van der Waals surface area contributed by atoms with Crippen LogP contribution in [0.1, 0.15) is 6.92 Å². The molecule has 0 saturated carbocycles. The highest BCUT2D eigenvalue weighted by Gasteiger charge is 2.27. The molecule has 1 rings (SSSR count). The number of hydrogen-bond donors (Lipinski definition) is 0. The number of carbonyl (C=O) groups excluding carboxylic acids is 1. The lowest BCUT2D eigenvalue weighted by atomic mass is 10.2. The van der Waals surface area contributed by atoms with Gasteiger partial charge in [-0.15, -0.1) is 0 Å². The summed E-state index contributed by atoms with van der Waals surface area (Å²) in [6.45, 7) is 4.36. The number of ether oxygens (including phenoxy) is 1. The van der Waals surface area contributed by atoms with E-state index in [0.717, 1.165) is 19.7 Å². The highest BCUT2D eigenvalue weighted by molar-refractivity contribution is 14.1. The standard InChI is InChI=1S/C9H17IN2O2/c1-7(9(13)11(2)3)12-4-5-14-8(10)6-12/h7-8H,4-6H2,1-3H3. The van der Waals surface area contributed by atoms with Gasteiger partial charge in [0.25, 0.3) is 0 Å². The van der Waals surface area contributed by atoms with E-state index in [1.165, 1.54) is 0 Å². The maximum absolute atomic E-state index is 11.7. The second kappa shape index (κ2) is 5.27. The smallest absolute Gasteiger partial charge is 0.239 e. The number of alkyl halides is 1. The zero-order chi connectivity index (χ0) is 10.7. The molecule has 0 N–H and O–H groups in total. The van der Waals surface area contributed by atoms with E-state index in [4.69, 9.17) is 4.74 Å². The van der Waals surface area contributed by atoms with E-state index >= 15 is 0 Å². The van der Waals surface area contributed by atoms with Crippen LogP contribution in [0.3, 0.4) is 0 Å². The Hall–Kier alpha value is 0.120. The summed E-state index contributed by atoms with van der Waals surface area (Å²) in [7, 11) is 3.58. The molecule has 1 amide bonds. The van der Waals surface area contributed by atoms with Crippen LogP contribution in [-0.2, 0) is 9.53 Å². The second-order valence-corrected chi connectivity index (χ2v) is 5.07. The summed E-state index contributed by atoms with van der Waals surface area (Å²) in [5.74, 6) is 0.163. The number of rotatable bonds is 2. The summed E-state index contributed by atoms with van der Waals surface area (Å²) in [4.78, 5) is 15.5. The van der Waals surface area contributed by atoms with Crippen LogP contribution in [0.2, 0.25) is 0 Å². The minimum atomic E-state index is -0.0360. The average Bonchev–Trinajstić information content (AvgIpc) is 2.15. The predicted molar refractivity (Wildman–Crippen MR) is 63.5 cm³/mol. The Kier molecular flexibility index (Phi) is 4.59. The lowest BCUT2D eigenvalue weighted by Crippen LogP contribution is -2.50. The lowest BCUT2D eigenvalue weighted by Gasteiger charge is -2.34. The molecule has 1 heterocycles. The van der Waals surface area contributed by atoms with Crippen molar-refractivity contribution in [3.63, 3.8) is 0 Å². The molecule has 0 aromatic heterocycles. The van der Waals surface area contributed by atoms with Crippen molar-refractivity contribution in [1.82, 2.24) is 9.80 Å². The maximum Gasteiger partial charge on any atom is 0.239 e. The number of morpholine rings is 1. The van der Waals surface area contributed by atoms with Crippen molar-refractivity contribution in [2.24, 2.45) is 0 Å². The molecule has 4 nitrogen and oxygen atoms in total. The third kappa shape index (κ3) is 3.06. The van der Waals surface area contributed by atoms with Gasteiger partial charge in [0.05, 0.1) is 12.6 Å². The molecule has 5 heteroatoms. The molecule has 0 aromatic carbocycles. The van der Waals surface area contributed by atoms with E-state index in [-0.39, 0.29) is 16.1 Å². The lowest BCUT2D eigenvalue weighted by molar-refractivity contribution is -0.135. The molecule has 2 unspecified atom stereocenters. The molecular formula is C9H17IN2O2. The van der Waals surface area contributed by atoms with Gasteiger partial charge in [0.2, 0.25) is 5.91 Å². The predicted octanol–water partition coefficient (Wildman–Crippen LogP) is 0.556. The van der Waals surface area contributed by atoms with Gasteiger partial charge in [0.15, 0.2) is 0 Å². The molecule has 1 aliphatic heterocycles. The van der Waals surface area contributed by atoms with Crippen LogP contribution in [-0.4, -0.2) is 59.7 Å². The molecule has 82 valence electrons. The SMILES string of the molecule is CC(C(=O)N(C)C)N1CCOC(I)C1. The number of likely N-dealkylation sites (N-methyl/N-ethyl adjacent to an activating group) is 1. The third-order valence-electron chi connectivity index (χ3n) is 2.40. The van der Waals surface area contributed by atoms with Gasteiger partial charge in [-0.3, -0.25) is 9.69 Å². The minimum Gasteiger partial charge on any atom is -0.365 e. The van der Waals surface area contributed by atoms with Crippen molar-refractivity contribution in [2.45, 2.75) is 17.1 Å². The van der Waals surface area contributed by atoms with E-state index in [9.17, 15) is 4.79 Å². The molecule has 0 spiro atoms. The molecule has 1 saturated heterocycles. The van der Waals surface area contributed by atoms with Crippen LogP contribution < -0.4 is 0 Å². The molecule has 1 fully saturated rings. The van der Waals surface area contributed by atoms with Crippen molar-refractivity contribution in [3.05, 3.63) is 0 Å². The fourth-order valence-corrected chi connectivity index (χ4v) is 2.27. The van der Waals surface area contributed by atoms with E-state index in [1.807, 2.05) is 6.92 Å². The van der Waals surface area contributed by atoms with Crippen LogP contribution in [0.15, 0.2) is 0 Å². The summed E-state index contributed by atoms with van der Waals surface area (Å²) in [6, 6.07) is -0.0360. The van der Waals surface area contributed by atoms with Gasteiger partial charge in [0, 0.05) is 27.2 Å². The van der Waals surface area contributed by atoms with Crippen molar-refractivity contribution in [1.29, 1.82) is 0 Å². The quantitative estimate of drug-likeness (QED) is 0.552. The monoisotopic (exact) mass is 312 g/mol. The summed E-state index contributed by atoms with van der Waals surface area (Å²) in [5, 5.41) is 0. The number of hydrogen-bond acceptors (Lipinski definition) is 3. The van der Waals surface area contributed by atoms with Gasteiger partial charge in [-0.25, -0.2) is 0 Å². The van der Waals surface area contributed by atoms with Crippen molar-refractivity contribution in [2.75, 3.05) is 33.8 Å². The first-order chi connectivity index (χ1) is 6.52. The first kappa shape index (κ1) is 12.2. The van der Waals surface area contributed by atoms with Crippen LogP contribution in [0, 0.1) is 0 Å². The number of carbonyl (C=O) groups is 1. The first-order valence-corrected chi connectivity index (χ1v) is 5.98. The Morgan fingerprint density at radius 3 is 2.79 bits per heavy atom. The average molecular weight is 312 g/mol. The largest absolute Gasteiger partial charge is 0.365 e. The van der Waals surface area contributed by atoms with Gasteiger partial charge in [-0.1, -0.05) is 0 Å². The van der Waals surface area contributed by atoms with E-state index in [2.05, 4.69) is 27.5 Å². The Bertz CT molecular complexity index is 211. The van der Waals surface area contributed by atoms with Crippen molar-refractivity contribution >= 4 is 28.5 Å². The number of halogens is 1. The summed E-state index contributed by atoms with van der Waals surface area (Å²) >= 11 is 2.26. The Morgan fingerprint density at radius 2 is 2.29 bits per heavy atom. The zero-order valence-electron chi connectivity index (χ0n) is 8.86. The molecule has 0 bridgehead atoms. The van der Waals surface area contributed by atoms with Gasteiger partial charge >= 0.3 is 0 Å². The highest BCUT2D eigenvalue weighted by atomic mass is 127. The Balaban J connectivity index is 2.51. The maximum atomic E-state index is 11.7. The van der Waals surface area contributed by atoms with Crippen LogP contribution in [0.4, 0.5) is 0 Å². The highest BCUT2D eigenvalue weighted by Crippen LogP contribution is 2.14. The number of amides is 1. The van der Waals surface area contributed by atoms with Gasteiger partial charge in [-0.2, -0.15) is 0 Å². The molecule has 1 aliphatic rings. The van der Waals surface area contributed by atoms with E-state index in [1.54, 1.807) is 19.0 Å². The van der Waals surface area contributed by atoms with Crippen LogP contribution in [0.25, 0.3) is 0 Å². The van der Waals surface area contributed by atoms with E-state index in [0.29, 0.717) is 0 Å². The number of nitrogens with zero attached hydrogens (tertiary/aromatic N) is 2. The first-order valence-electron chi connectivity index (χ1n) is 4.73. The second-order valence-electron chi connectivity index (χ2n) is 3.68. The molecule has 14 heavy (non-hydrogen) atoms. The van der Waals surface area contributed by atoms with Gasteiger partial charge in [0.1, 0.15) is 4.11 Å². The fourth-order valence-electron chi connectivity index (χ4n) is 1.51. The minimum absolute atomic E-state index is 0.0360. The topological polar surface area (TPSA) is 32.8 Å². The summed E-state index contributed by atoms with van der Waals surface area (Å²) in [6.07, 6.45) is 0. The Morgan fingerprint density at radius 1 is 1.64 bits per heavy atom. The molecule has 0 radical (unpaired) electrons. The molecule has 0 aromatic rings. The van der Waals surface area contributed by atoms with Crippen molar-refractivity contribution in [3.8, 4) is 0 Å². The van der Waals surface area contributed by atoms with Crippen molar-refractivity contribution < 1.29 is 9.53 Å². The van der Waals surface area contributed by atoms with Gasteiger partial charge < -0.3 is 9.64 Å². The molecule has 0 aliphatic carbocycles. The third-order valence-corrected chi connectivity index (χ3v) is 3.15.